The average Bonchev–Trinajstić information content (AvgIpc) is 2.26. The zero-order chi connectivity index (χ0) is 14.1. The maximum absolute atomic E-state index is 11.3. The molecule has 6 heteroatoms. The van der Waals surface area contributed by atoms with Crippen molar-refractivity contribution in [3.05, 3.63) is 24.3 Å². The van der Waals surface area contributed by atoms with E-state index in [2.05, 4.69) is 19.2 Å². The van der Waals surface area contributed by atoms with Crippen LogP contribution in [0.3, 0.4) is 0 Å². The van der Waals surface area contributed by atoms with Gasteiger partial charge in [0.1, 0.15) is 0 Å². The average molecular weight is 300 g/mol. The van der Waals surface area contributed by atoms with Crippen molar-refractivity contribution >= 4 is 27.5 Å². The van der Waals surface area contributed by atoms with Gasteiger partial charge in [-0.3, -0.25) is 0 Å². The van der Waals surface area contributed by atoms with Gasteiger partial charge < -0.3 is 5.32 Å². The van der Waals surface area contributed by atoms with Crippen LogP contribution in [0.15, 0.2) is 29.2 Å². The van der Waals surface area contributed by atoms with Crippen LogP contribution in [-0.4, -0.2) is 26.0 Å². The van der Waals surface area contributed by atoms with E-state index < -0.39 is 10.0 Å². The minimum absolute atomic E-state index is 0.153. The number of primary sulfonamides is 1. The molecule has 2 rings (SSSR count). The summed E-state index contributed by atoms with van der Waals surface area (Å²) in [4.78, 5) is 0.153. The van der Waals surface area contributed by atoms with Crippen LogP contribution >= 0.6 is 11.8 Å². The van der Waals surface area contributed by atoms with Crippen molar-refractivity contribution in [2.24, 2.45) is 10.6 Å². The summed E-state index contributed by atoms with van der Waals surface area (Å²) in [6.45, 7) is 4.52. The molecule has 0 amide bonds. The molecule has 1 aromatic rings. The topological polar surface area (TPSA) is 72.2 Å². The minimum atomic E-state index is -3.63. The molecule has 1 unspecified atom stereocenters. The molecule has 4 nitrogen and oxygen atoms in total. The highest BCUT2D eigenvalue weighted by Crippen LogP contribution is 2.34. The van der Waals surface area contributed by atoms with Crippen molar-refractivity contribution in [3.8, 4) is 0 Å². The van der Waals surface area contributed by atoms with Gasteiger partial charge in [0.05, 0.1) is 4.90 Å². The minimum Gasteiger partial charge on any atom is -0.381 e. The lowest BCUT2D eigenvalue weighted by atomic mass is 9.88. The maximum Gasteiger partial charge on any atom is 0.238 e. The van der Waals surface area contributed by atoms with Gasteiger partial charge in [0, 0.05) is 17.5 Å². The van der Waals surface area contributed by atoms with E-state index in [-0.39, 0.29) is 4.90 Å². The monoisotopic (exact) mass is 300 g/mol. The highest BCUT2D eigenvalue weighted by Gasteiger charge is 2.28. The van der Waals surface area contributed by atoms with Crippen molar-refractivity contribution < 1.29 is 8.42 Å². The molecule has 1 fully saturated rings. The third-order valence-corrected chi connectivity index (χ3v) is 5.68. The predicted molar refractivity (Wildman–Crippen MR) is 80.9 cm³/mol. The highest BCUT2D eigenvalue weighted by molar-refractivity contribution is 7.99. The fourth-order valence-electron chi connectivity index (χ4n) is 2.35. The van der Waals surface area contributed by atoms with Gasteiger partial charge in [-0.1, -0.05) is 19.9 Å². The highest BCUT2D eigenvalue weighted by atomic mass is 32.2. The maximum atomic E-state index is 11.3. The fraction of sp³-hybridized carbons (Fsp3) is 0.538. The molecule has 0 spiro atoms. The summed E-state index contributed by atoms with van der Waals surface area (Å²) >= 11 is 1.93. The Kier molecular flexibility index (Phi) is 4.13. The number of nitrogens with one attached hydrogen (secondary N) is 1. The number of anilines is 1. The van der Waals surface area contributed by atoms with Crippen LogP contribution in [0.5, 0.6) is 0 Å². The molecule has 1 aliphatic heterocycles. The van der Waals surface area contributed by atoms with Gasteiger partial charge in [-0.15, -0.1) is 0 Å². The largest absolute Gasteiger partial charge is 0.381 e. The molecule has 0 bridgehead atoms. The second-order valence-electron chi connectivity index (χ2n) is 5.80. The molecule has 1 saturated heterocycles. The van der Waals surface area contributed by atoms with E-state index in [0.29, 0.717) is 11.5 Å². The molecule has 3 N–H and O–H groups in total. The van der Waals surface area contributed by atoms with Crippen molar-refractivity contribution in [2.45, 2.75) is 31.2 Å². The molecule has 0 aliphatic carbocycles. The van der Waals surface area contributed by atoms with Gasteiger partial charge in [0.15, 0.2) is 0 Å². The normalized spacial score (nSPS) is 23.0. The van der Waals surface area contributed by atoms with Gasteiger partial charge in [0.25, 0.3) is 0 Å². The number of hydrogen-bond donors (Lipinski definition) is 2. The Balaban J connectivity index is 2.11. The Morgan fingerprint density at radius 3 is 2.79 bits per heavy atom. The van der Waals surface area contributed by atoms with Crippen molar-refractivity contribution in [2.75, 3.05) is 16.8 Å². The molecule has 106 valence electrons. The summed E-state index contributed by atoms with van der Waals surface area (Å²) in [5, 5.41) is 8.55. The summed E-state index contributed by atoms with van der Waals surface area (Å²) in [5.74, 6) is 2.21. The lowest BCUT2D eigenvalue weighted by Gasteiger charge is -2.35. The Morgan fingerprint density at radius 1 is 1.42 bits per heavy atom. The van der Waals surface area contributed by atoms with Crippen LogP contribution in [0.4, 0.5) is 5.69 Å². The van der Waals surface area contributed by atoms with E-state index in [1.54, 1.807) is 12.1 Å². The molecule has 0 saturated carbocycles. The Bertz CT molecular complexity index is 556. The van der Waals surface area contributed by atoms with Crippen molar-refractivity contribution in [3.63, 3.8) is 0 Å². The van der Waals surface area contributed by atoms with E-state index in [4.69, 9.17) is 5.14 Å². The zero-order valence-corrected chi connectivity index (χ0v) is 12.9. The number of benzene rings is 1. The van der Waals surface area contributed by atoms with Gasteiger partial charge >= 0.3 is 0 Å². The van der Waals surface area contributed by atoms with E-state index >= 15 is 0 Å². The third-order valence-electron chi connectivity index (χ3n) is 3.14. The van der Waals surface area contributed by atoms with E-state index in [1.165, 1.54) is 11.8 Å². The smallest absolute Gasteiger partial charge is 0.238 e. The summed E-state index contributed by atoms with van der Waals surface area (Å²) in [5.41, 5.74) is 1.13. The van der Waals surface area contributed by atoms with Crippen LogP contribution < -0.4 is 10.5 Å². The molecule has 1 aromatic carbocycles. The lowest BCUT2D eigenvalue weighted by molar-refractivity contribution is 0.358. The zero-order valence-electron chi connectivity index (χ0n) is 11.2. The number of hydrogen-bond acceptors (Lipinski definition) is 4. The Morgan fingerprint density at radius 2 is 2.16 bits per heavy atom. The Labute approximate surface area is 119 Å². The van der Waals surface area contributed by atoms with Gasteiger partial charge in [-0.05, 0) is 35.8 Å². The standard InChI is InChI=1S/C13H20N2O2S2/c1-13(2)7-11(8-18-9-13)15-10-4-3-5-12(6-10)19(14,16)17/h3-6,11,15H,7-9H2,1-2H3,(H2,14,16,17). The first-order valence-electron chi connectivity index (χ1n) is 6.23. The summed E-state index contributed by atoms with van der Waals surface area (Å²) in [6.07, 6.45) is 1.08. The lowest BCUT2D eigenvalue weighted by Crippen LogP contribution is -2.35. The second kappa shape index (κ2) is 5.34. The first-order valence-corrected chi connectivity index (χ1v) is 8.94. The molecular formula is C13H20N2O2S2. The first kappa shape index (κ1) is 14.7. The van der Waals surface area contributed by atoms with Crippen molar-refractivity contribution in [1.29, 1.82) is 0 Å². The first-order chi connectivity index (χ1) is 8.76. The van der Waals surface area contributed by atoms with E-state index in [9.17, 15) is 8.42 Å². The predicted octanol–water partition coefficient (Wildman–Crippen LogP) is 2.28. The summed E-state index contributed by atoms with van der Waals surface area (Å²) in [7, 11) is -3.63. The summed E-state index contributed by atoms with van der Waals surface area (Å²) in [6, 6.07) is 7.07. The molecule has 0 radical (unpaired) electrons. The number of nitrogens with two attached hydrogens (primary N) is 1. The van der Waals surface area contributed by atoms with Crippen LogP contribution in [0.25, 0.3) is 0 Å². The SMILES string of the molecule is CC1(C)CSCC(Nc2cccc(S(N)(=O)=O)c2)C1. The molecule has 1 atom stereocenters. The van der Waals surface area contributed by atoms with Gasteiger partial charge in [0.2, 0.25) is 10.0 Å². The van der Waals surface area contributed by atoms with Crippen LogP contribution in [0, 0.1) is 5.41 Å². The number of thioether (sulfide) groups is 1. The van der Waals surface area contributed by atoms with E-state index in [1.807, 2.05) is 17.8 Å². The molecular weight excluding hydrogens is 280 g/mol. The number of rotatable bonds is 3. The van der Waals surface area contributed by atoms with E-state index in [0.717, 1.165) is 17.9 Å². The fourth-order valence-corrected chi connectivity index (χ4v) is 4.19. The van der Waals surface area contributed by atoms with Gasteiger partial charge in [-0.25, -0.2) is 13.6 Å². The van der Waals surface area contributed by atoms with Crippen LogP contribution in [0.1, 0.15) is 20.3 Å². The van der Waals surface area contributed by atoms with Crippen LogP contribution in [-0.2, 0) is 10.0 Å². The molecule has 0 aromatic heterocycles. The third kappa shape index (κ3) is 4.12. The molecule has 19 heavy (non-hydrogen) atoms. The molecule has 1 aliphatic rings. The second-order valence-corrected chi connectivity index (χ2v) is 8.39. The van der Waals surface area contributed by atoms with Crippen molar-refractivity contribution in [1.82, 2.24) is 0 Å². The summed E-state index contributed by atoms with van der Waals surface area (Å²) < 4.78 is 22.7. The number of sulfonamides is 1. The van der Waals surface area contributed by atoms with Crippen LogP contribution in [0.2, 0.25) is 0 Å². The van der Waals surface area contributed by atoms with Gasteiger partial charge in [-0.2, -0.15) is 11.8 Å². The quantitative estimate of drug-likeness (QED) is 0.898. The molecule has 1 heterocycles. The Hall–Kier alpha value is -0.720.